The zero-order chi connectivity index (χ0) is 27.3. The van der Waals surface area contributed by atoms with Gasteiger partial charge in [0.15, 0.2) is 0 Å². The van der Waals surface area contributed by atoms with Gasteiger partial charge in [0.2, 0.25) is 11.8 Å². The van der Waals surface area contributed by atoms with E-state index in [1.165, 1.54) is 0 Å². The van der Waals surface area contributed by atoms with Gasteiger partial charge in [0.25, 0.3) is 0 Å². The summed E-state index contributed by atoms with van der Waals surface area (Å²) in [5, 5.41) is 10.3. The van der Waals surface area contributed by atoms with Crippen LogP contribution < -0.4 is 0 Å². The normalized spacial score (nSPS) is 31.6. The Morgan fingerprint density at radius 3 is 2.65 bits per heavy atom. The molecule has 0 aromatic heterocycles. The van der Waals surface area contributed by atoms with Crippen LogP contribution in [0.2, 0.25) is 0 Å². The van der Waals surface area contributed by atoms with Crippen LogP contribution in [0.1, 0.15) is 59.3 Å². The molecule has 3 aliphatic heterocycles. The molecule has 3 fully saturated rings. The molecule has 7 nitrogen and oxygen atoms in total. The molecule has 8 atom stereocenters. The third-order valence-corrected chi connectivity index (χ3v) is 11.5. The fourth-order valence-corrected chi connectivity index (χ4v) is 9.83. The molecule has 1 spiro atoms. The Kier molecular flexibility index (Phi) is 10.7. The van der Waals surface area contributed by atoms with Crippen LogP contribution in [0, 0.1) is 17.8 Å². The number of hydrogen-bond donors (Lipinski definition) is 1. The van der Waals surface area contributed by atoms with Crippen molar-refractivity contribution in [3.63, 3.8) is 0 Å². The Bertz CT molecular complexity index is 872. The number of fused-ring (bicyclic) bond motifs is 1. The summed E-state index contributed by atoms with van der Waals surface area (Å²) in [5.41, 5.74) is 0. The van der Waals surface area contributed by atoms with E-state index >= 15 is 0 Å². The van der Waals surface area contributed by atoms with Gasteiger partial charge in [0, 0.05) is 23.2 Å². The number of carbonyl (C=O) groups excluding carboxylic acids is 3. The zero-order valence-corrected chi connectivity index (χ0v) is 24.8. The Morgan fingerprint density at radius 1 is 1.32 bits per heavy atom. The van der Waals surface area contributed by atoms with Gasteiger partial charge in [-0.3, -0.25) is 14.4 Å². The standard InChI is InChI=1S/C28H43BrN2O5S/c1-6-10-12-15-36-27(35)21-22-25(33)31(20(17-32)18(5)9-4)24(28(22)16-19(29)23(21)37-28)26(34)30(13-8-3)14-11-7-2/h6,8,18-24,32H,1,3,7,9-17H2,2,4-5H3/t18-,19?,20-,21+,22-,23+,24?,28?/m0/s1. The molecule has 0 saturated carbocycles. The van der Waals surface area contributed by atoms with Gasteiger partial charge >= 0.3 is 5.97 Å². The van der Waals surface area contributed by atoms with Crippen molar-refractivity contribution in [3.8, 4) is 0 Å². The molecule has 3 heterocycles. The van der Waals surface area contributed by atoms with Crippen LogP contribution in [0.15, 0.2) is 25.3 Å². The minimum Gasteiger partial charge on any atom is -0.465 e. The molecule has 0 radical (unpaired) electrons. The van der Waals surface area contributed by atoms with Crippen LogP contribution in [0.25, 0.3) is 0 Å². The van der Waals surface area contributed by atoms with E-state index in [9.17, 15) is 19.5 Å². The highest BCUT2D eigenvalue weighted by molar-refractivity contribution is 9.09. The third kappa shape index (κ3) is 5.55. The number of allylic oxidation sites excluding steroid dienone is 1. The first-order valence-corrected chi connectivity index (χ1v) is 15.5. The van der Waals surface area contributed by atoms with E-state index in [2.05, 4.69) is 36.0 Å². The number of aliphatic hydroxyl groups excluding tert-OH is 1. The fourth-order valence-electron chi connectivity index (χ4n) is 6.25. The highest BCUT2D eigenvalue weighted by Crippen LogP contribution is 2.68. The summed E-state index contributed by atoms with van der Waals surface area (Å²) in [6.45, 7) is 14.7. The summed E-state index contributed by atoms with van der Waals surface area (Å²) in [5.74, 6) is -1.95. The number of esters is 1. The van der Waals surface area contributed by atoms with Crippen molar-refractivity contribution in [3.05, 3.63) is 25.3 Å². The average Bonchev–Trinajstić information content (AvgIpc) is 3.48. The quantitative estimate of drug-likeness (QED) is 0.132. The van der Waals surface area contributed by atoms with E-state index in [1.807, 2.05) is 13.8 Å². The fraction of sp³-hybridized carbons (Fsp3) is 0.750. The minimum atomic E-state index is -0.749. The molecule has 2 amide bonds. The summed E-state index contributed by atoms with van der Waals surface area (Å²) in [4.78, 5) is 45.5. The number of rotatable bonds is 15. The minimum absolute atomic E-state index is 0.00533. The van der Waals surface area contributed by atoms with Gasteiger partial charge in [-0.2, -0.15) is 0 Å². The van der Waals surface area contributed by atoms with E-state index < -0.39 is 28.7 Å². The van der Waals surface area contributed by atoms with E-state index in [1.54, 1.807) is 33.7 Å². The van der Waals surface area contributed by atoms with E-state index in [4.69, 9.17) is 4.74 Å². The molecule has 1 N–H and O–H groups in total. The highest BCUT2D eigenvalue weighted by Gasteiger charge is 2.76. The number of amides is 2. The second kappa shape index (κ2) is 13.2. The maximum atomic E-state index is 14.3. The molecular formula is C28H43BrN2O5S. The number of hydrogen-bond acceptors (Lipinski definition) is 6. The van der Waals surface area contributed by atoms with Gasteiger partial charge in [0.05, 0.1) is 35.8 Å². The Balaban J connectivity index is 2.05. The van der Waals surface area contributed by atoms with Crippen LogP contribution in [-0.4, -0.2) is 85.9 Å². The number of nitrogens with zero attached hydrogens (tertiary/aromatic N) is 2. The molecule has 208 valence electrons. The van der Waals surface area contributed by atoms with Crippen molar-refractivity contribution in [2.75, 3.05) is 26.3 Å². The van der Waals surface area contributed by atoms with E-state index in [0.717, 1.165) is 25.7 Å². The smallest absolute Gasteiger partial charge is 0.310 e. The Hall–Kier alpha value is -1.32. The molecule has 3 rings (SSSR count). The van der Waals surface area contributed by atoms with Crippen LogP contribution in [0.5, 0.6) is 0 Å². The molecule has 37 heavy (non-hydrogen) atoms. The van der Waals surface area contributed by atoms with Gasteiger partial charge < -0.3 is 19.6 Å². The maximum absolute atomic E-state index is 14.3. The molecule has 0 aromatic carbocycles. The van der Waals surface area contributed by atoms with Crippen molar-refractivity contribution < 1.29 is 24.2 Å². The van der Waals surface area contributed by atoms with Crippen molar-refractivity contribution in [2.45, 2.75) is 86.2 Å². The van der Waals surface area contributed by atoms with E-state index in [-0.39, 0.29) is 47.0 Å². The highest BCUT2D eigenvalue weighted by atomic mass is 79.9. The third-order valence-electron chi connectivity index (χ3n) is 8.32. The van der Waals surface area contributed by atoms with Crippen LogP contribution in [-0.2, 0) is 19.1 Å². The molecule has 3 saturated heterocycles. The van der Waals surface area contributed by atoms with Gasteiger partial charge in [-0.15, -0.1) is 24.9 Å². The van der Waals surface area contributed by atoms with Gasteiger partial charge in [-0.05, 0) is 31.6 Å². The molecular weight excluding hydrogens is 556 g/mol. The lowest BCUT2D eigenvalue weighted by molar-refractivity contribution is -0.154. The van der Waals surface area contributed by atoms with Crippen LogP contribution >= 0.6 is 27.7 Å². The molecule has 2 bridgehead atoms. The number of halogens is 1. The number of aliphatic hydroxyl groups is 1. The molecule has 3 aliphatic rings. The number of carbonyl (C=O) groups is 3. The second-order valence-electron chi connectivity index (χ2n) is 10.6. The van der Waals surface area contributed by atoms with Gasteiger partial charge in [-0.1, -0.05) is 61.7 Å². The lowest BCUT2D eigenvalue weighted by Crippen LogP contribution is -2.59. The first-order valence-electron chi connectivity index (χ1n) is 13.7. The number of thioether (sulfide) groups is 1. The summed E-state index contributed by atoms with van der Waals surface area (Å²) >= 11 is 5.40. The summed E-state index contributed by atoms with van der Waals surface area (Å²) in [6, 6.07) is -1.25. The summed E-state index contributed by atoms with van der Waals surface area (Å²) in [6.07, 6.45) is 8.09. The first-order chi connectivity index (χ1) is 17.7. The lowest BCUT2D eigenvalue weighted by atomic mass is 9.71. The van der Waals surface area contributed by atoms with Crippen molar-refractivity contribution in [1.82, 2.24) is 9.80 Å². The lowest BCUT2D eigenvalue weighted by Gasteiger charge is -2.41. The van der Waals surface area contributed by atoms with Crippen molar-refractivity contribution >= 4 is 45.5 Å². The molecule has 0 aromatic rings. The predicted octanol–water partition coefficient (Wildman–Crippen LogP) is 4.18. The Labute approximate surface area is 234 Å². The van der Waals surface area contributed by atoms with Crippen LogP contribution in [0.3, 0.4) is 0 Å². The van der Waals surface area contributed by atoms with Gasteiger partial charge in [-0.25, -0.2) is 0 Å². The van der Waals surface area contributed by atoms with Crippen molar-refractivity contribution in [2.24, 2.45) is 17.8 Å². The maximum Gasteiger partial charge on any atom is 0.310 e. The number of ether oxygens (including phenoxy) is 1. The predicted molar refractivity (Wildman–Crippen MR) is 151 cm³/mol. The van der Waals surface area contributed by atoms with Gasteiger partial charge in [0.1, 0.15) is 6.04 Å². The number of alkyl halides is 1. The zero-order valence-electron chi connectivity index (χ0n) is 22.4. The Morgan fingerprint density at radius 2 is 2.05 bits per heavy atom. The van der Waals surface area contributed by atoms with Crippen molar-refractivity contribution in [1.29, 1.82) is 0 Å². The monoisotopic (exact) mass is 598 g/mol. The SMILES string of the molecule is C=CCCCOC(=O)[C@H]1[C@@H]2SC3(CC2Br)C(C(=O)N(CC=C)CCCC)N([C@@H](CO)[C@@H](C)CC)C(=O)[C@H]13. The average molecular weight is 600 g/mol. The molecule has 3 unspecified atom stereocenters. The topological polar surface area (TPSA) is 87.2 Å². The first kappa shape index (κ1) is 30.2. The summed E-state index contributed by atoms with van der Waals surface area (Å²) < 4.78 is 4.91. The number of unbranched alkanes of at least 4 members (excludes halogenated alkanes) is 2. The van der Waals surface area contributed by atoms with Crippen LogP contribution in [0.4, 0.5) is 0 Å². The largest absolute Gasteiger partial charge is 0.465 e. The second-order valence-corrected chi connectivity index (χ2v) is 13.3. The van der Waals surface area contributed by atoms with E-state index in [0.29, 0.717) is 25.9 Å². The summed E-state index contributed by atoms with van der Waals surface area (Å²) in [7, 11) is 0. The molecule has 9 heteroatoms. The molecule has 0 aliphatic carbocycles. The number of likely N-dealkylation sites (tertiary alicyclic amines) is 1.